The molecular weight excluding hydrogens is 418 g/mol. The molecule has 0 saturated carbocycles. The molecule has 4 aromatic rings. The summed E-state index contributed by atoms with van der Waals surface area (Å²) < 4.78 is 14.0. The maximum absolute atomic E-state index is 5.96. The second kappa shape index (κ2) is 9.55. The number of pyridine rings is 1. The van der Waals surface area contributed by atoms with Crippen molar-refractivity contribution >= 4 is 23.6 Å². The number of nitrogens with zero attached hydrogens (tertiary/aromatic N) is 3. The predicted octanol–water partition coefficient (Wildman–Crippen LogP) is 4.79. The van der Waals surface area contributed by atoms with Gasteiger partial charge in [0, 0.05) is 22.8 Å². The number of benzene rings is 1. The van der Waals surface area contributed by atoms with E-state index < -0.39 is 0 Å². The summed E-state index contributed by atoms with van der Waals surface area (Å²) in [5.74, 6) is 2.15. The van der Waals surface area contributed by atoms with Crippen molar-refractivity contribution in [2.24, 2.45) is 0 Å². The van der Waals surface area contributed by atoms with Crippen molar-refractivity contribution in [1.82, 2.24) is 19.9 Å². The first kappa shape index (κ1) is 20.1. The Labute approximate surface area is 183 Å². The van der Waals surface area contributed by atoms with Gasteiger partial charge < -0.3 is 14.9 Å². The Bertz CT molecular complexity index is 1140. The largest absolute Gasteiger partial charge is 0.490 e. The van der Waals surface area contributed by atoms with Crippen LogP contribution in [0.25, 0.3) is 11.4 Å². The van der Waals surface area contributed by atoms with Crippen LogP contribution < -0.4 is 14.9 Å². The third-order valence-electron chi connectivity index (χ3n) is 4.31. The fourth-order valence-corrected chi connectivity index (χ4v) is 3.71. The van der Waals surface area contributed by atoms with E-state index in [0.29, 0.717) is 30.4 Å². The summed E-state index contributed by atoms with van der Waals surface area (Å²) in [4.78, 5) is 5.22. The van der Waals surface area contributed by atoms with Gasteiger partial charge in [-0.2, -0.15) is 5.10 Å². The molecule has 0 radical (unpaired) electrons. The van der Waals surface area contributed by atoms with Crippen LogP contribution in [0.5, 0.6) is 11.5 Å². The number of aromatic amines is 1. The van der Waals surface area contributed by atoms with Crippen molar-refractivity contribution in [1.29, 1.82) is 0 Å². The molecule has 0 amide bonds. The topological polar surface area (TPSA) is 77.0 Å². The highest BCUT2D eigenvalue weighted by Gasteiger charge is 2.11. The van der Waals surface area contributed by atoms with E-state index in [4.69, 9.17) is 21.7 Å². The zero-order chi connectivity index (χ0) is 20.8. The normalized spacial score (nSPS) is 10.7. The highest BCUT2D eigenvalue weighted by atomic mass is 32.1. The Morgan fingerprint density at radius 3 is 2.77 bits per heavy atom. The Kier molecular flexibility index (Phi) is 6.41. The number of rotatable bonds is 9. The first-order valence-electron chi connectivity index (χ1n) is 9.47. The summed E-state index contributed by atoms with van der Waals surface area (Å²) in [5.41, 5.74) is 5.27. The lowest BCUT2D eigenvalue weighted by Crippen LogP contribution is -2.16. The van der Waals surface area contributed by atoms with Crippen LogP contribution in [0.2, 0.25) is 0 Å². The second-order valence-corrected chi connectivity index (χ2v) is 7.76. The molecule has 1 aromatic carbocycles. The van der Waals surface area contributed by atoms with Crippen molar-refractivity contribution < 1.29 is 9.47 Å². The van der Waals surface area contributed by atoms with E-state index in [2.05, 4.69) is 26.7 Å². The van der Waals surface area contributed by atoms with Gasteiger partial charge in [-0.05, 0) is 60.4 Å². The highest BCUT2D eigenvalue weighted by molar-refractivity contribution is 7.71. The average molecular weight is 440 g/mol. The summed E-state index contributed by atoms with van der Waals surface area (Å²) in [7, 11) is 0. The number of ether oxygens (including phenoxy) is 2. The molecule has 0 aliphatic carbocycles. The number of hydrogen-bond acceptors (Lipinski definition) is 7. The maximum Gasteiger partial charge on any atom is 0.214 e. The van der Waals surface area contributed by atoms with Gasteiger partial charge in [0.2, 0.25) is 4.77 Å². The van der Waals surface area contributed by atoms with Gasteiger partial charge in [-0.25, -0.2) is 9.77 Å². The maximum atomic E-state index is 5.96. The number of nitrogens with one attached hydrogen (secondary N) is 2. The summed E-state index contributed by atoms with van der Waals surface area (Å²) in [5, 5.41) is 9.19. The second-order valence-electron chi connectivity index (χ2n) is 6.34. The first-order chi connectivity index (χ1) is 14.7. The Hall–Kier alpha value is -3.17. The minimum Gasteiger partial charge on any atom is -0.490 e. The van der Waals surface area contributed by atoms with Gasteiger partial charge in [0.1, 0.15) is 6.61 Å². The molecule has 2 N–H and O–H groups in total. The fraction of sp³-hybridized carbons (Fsp3) is 0.190. The Balaban J connectivity index is 1.49. The molecule has 3 heterocycles. The van der Waals surface area contributed by atoms with Crippen molar-refractivity contribution in [3.63, 3.8) is 0 Å². The van der Waals surface area contributed by atoms with Crippen molar-refractivity contribution in [3.05, 3.63) is 75.4 Å². The zero-order valence-corrected chi connectivity index (χ0v) is 18.0. The summed E-state index contributed by atoms with van der Waals surface area (Å²) in [6, 6.07) is 13.8. The lowest BCUT2D eigenvalue weighted by atomic mass is 10.2. The molecule has 7 nitrogen and oxygen atoms in total. The fourth-order valence-electron chi connectivity index (χ4n) is 2.90. The van der Waals surface area contributed by atoms with Crippen LogP contribution in [0.4, 0.5) is 0 Å². The lowest BCUT2D eigenvalue weighted by molar-refractivity contribution is 0.271. The quantitative estimate of drug-likeness (QED) is 0.365. The molecule has 3 aromatic heterocycles. The van der Waals surface area contributed by atoms with Gasteiger partial charge in [-0.15, -0.1) is 11.3 Å². The van der Waals surface area contributed by atoms with Crippen LogP contribution in [0.3, 0.4) is 0 Å². The van der Waals surface area contributed by atoms with E-state index in [-0.39, 0.29) is 0 Å². The van der Waals surface area contributed by atoms with Crippen LogP contribution in [0.1, 0.15) is 17.4 Å². The van der Waals surface area contributed by atoms with Crippen LogP contribution in [-0.4, -0.2) is 26.5 Å². The van der Waals surface area contributed by atoms with E-state index in [9.17, 15) is 0 Å². The molecule has 0 bridgehead atoms. The van der Waals surface area contributed by atoms with E-state index in [0.717, 1.165) is 22.6 Å². The lowest BCUT2D eigenvalue weighted by Gasteiger charge is -2.14. The standard InChI is InChI=1S/C21H21N5O2S2/c1-2-27-19-12-15(5-6-18(19)28-14-17-4-3-11-30-17)13-23-26-20(24-25-21(26)29)16-7-9-22-10-8-16/h3-12,23H,2,13-14H2,1H3,(H,25,29). The molecule has 0 aliphatic heterocycles. The molecule has 154 valence electrons. The third-order valence-corrected chi connectivity index (χ3v) is 5.43. The monoisotopic (exact) mass is 439 g/mol. The molecule has 0 unspecified atom stereocenters. The molecule has 0 saturated heterocycles. The van der Waals surface area contributed by atoms with Crippen molar-refractivity contribution in [3.8, 4) is 22.9 Å². The molecule has 0 spiro atoms. The van der Waals surface area contributed by atoms with Gasteiger partial charge in [0.25, 0.3) is 0 Å². The number of thiophene rings is 1. The predicted molar refractivity (Wildman–Crippen MR) is 120 cm³/mol. The molecule has 0 atom stereocenters. The van der Waals surface area contributed by atoms with Crippen LogP contribution in [0, 0.1) is 4.77 Å². The average Bonchev–Trinajstić information content (AvgIpc) is 3.42. The summed E-state index contributed by atoms with van der Waals surface area (Å²) in [6.45, 7) is 3.58. The summed E-state index contributed by atoms with van der Waals surface area (Å²) in [6.07, 6.45) is 3.45. The third kappa shape index (κ3) is 4.69. The molecular formula is C21H21N5O2S2. The van der Waals surface area contributed by atoms with Gasteiger partial charge in [0.05, 0.1) is 13.2 Å². The van der Waals surface area contributed by atoms with Crippen LogP contribution in [-0.2, 0) is 13.2 Å². The van der Waals surface area contributed by atoms with E-state index in [1.807, 2.05) is 48.7 Å². The van der Waals surface area contributed by atoms with Gasteiger partial charge in [-0.1, -0.05) is 12.1 Å². The molecule has 0 aliphatic rings. The van der Waals surface area contributed by atoms with Gasteiger partial charge in [-0.3, -0.25) is 4.98 Å². The molecule has 9 heteroatoms. The minimum atomic E-state index is 0.489. The number of aromatic nitrogens is 4. The van der Waals surface area contributed by atoms with E-state index >= 15 is 0 Å². The number of hydrogen-bond donors (Lipinski definition) is 2. The first-order valence-corrected chi connectivity index (χ1v) is 10.8. The highest BCUT2D eigenvalue weighted by Crippen LogP contribution is 2.30. The van der Waals surface area contributed by atoms with Crippen molar-refractivity contribution in [2.45, 2.75) is 20.1 Å². The molecule has 0 fully saturated rings. The SMILES string of the molecule is CCOc1cc(CNn2c(-c3ccncc3)n[nH]c2=S)ccc1OCc1cccs1. The zero-order valence-electron chi connectivity index (χ0n) is 16.4. The Morgan fingerprint density at radius 2 is 2.00 bits per heavy atom. The van der Waals surface area contributed by atoms with Crippen LogP contribution in [0.15, 0.2) is 60.2 Å². The van der Waals surface area contributed by atoms with Gasteiger partial charge in [0.15, 0.2) is 17.3 Å². The Morgan fingerprint density at radius 1 is 1.13 bits per heavy atom. The summed E-state index contributed by atoms with van der Waals surface area (Å²) >= 11 is 7.04. The molecule has 4 rings (SSSR count). The van der Waals surface area contributed by atoms with Crippen LogP contribution >= 0.6 is 23.6 Å². The smallest absolute Gasteiger partial charge is 0.214 e. The van der Waals surface area contributed by atoms with Gasteiger partial charge >= 0.3 is 0 Å². The van der Waals surface area contributed by atoms with Crippen molar-refractivity contribution in [2.75, 3.05) is 12.0 Å². The molecule has 30 heavy (non-hydrogen) atoms. The van der Waals surface area contributed by atoms with E-state index in [1.165, 1.54) is 4.88 Å². The van der Waals surface area contributed by atoms with E-state index in [1.54, 1.807) is 28.4 Å². The number of H-pyrrole nitrogens is 1. The minimum absolute atomic E-state index is 0.489.